The minimum absolute atomic E-state index is 0.162. The molecule has 2 amide bonds. The van der Waals surface area contributed by atoms with Crippen LogP contribution in [0.15, 0.2) is 18.2 Å². The van der Waals surface area contributed by atoms with Gasteiger partial charge >= 0.3 is 0 Å². The molecule has 0 aliphatic carbocycles. The number of nitrogens with zero attached hydrogens (tertiary/aromatic N) is 3. The van der Waals surface area contributed by atoms with Crippen LogP contribution in [0.4, 0.5) is 16.4 Å². The molecule has 0 fully saturated rings. The molecule has 1 aromatic heterocycles. The molecule has 0 saturated carbocycles. The Labute approximate surface area is 157 Å². The number of aryl methyl sites for hydroxylation is 1. The number of thiophene rings is 1. The third kappa shape index (κ3) is 3.45. The average Bonchev–Trinajstić information content (AvgIpc) is 2.90. The van der Waals surface area contributed by atoms with Crippen LogP contribution in [0.2, 0.25) is 0 Å². The van der Waals surface area contributed by atoms with Crippen LogP contribution in [0.25, 0.3) is 0 Å². The van der Waals surface area contributed by atoms with Gasteiger partial charge in [-0.05, 0) is 25.5 Å². The third-order valence-electron chi connectivity index (χ3n) is 4.15. The second kappa shape index (κ2) is 7.05. The van der Waals surface area contributed by atoms with Crippen molar-refractivity contribution in [2.75, 3.05) is 23.4 Å². The largest absolute Gasteiger partial charge is 0.482 e. The molecule has 0 radical (unpaired) electrons. The zero-order chi connectivity index (χ0) is 19.7. The van der Waals surface area contributed by atoms with Crippen LogP contribution in [0.5, 0.6) is 5.75 Å². The zero-order valence-electron chi connectivity index (χ0n) is 14.4. The normalized spacial score (nSPS) is 12.8. The van der Waals surface area contributed by atoms with E-state index in [9.17, 15) is 25.0 Å². The first-order valence-corrected chi connectivity index (χ1v) is 8.65. The molecule has 2 aromatic rings. The summed E-state index contributed by atoms with van der Waals surface area (Å²) in [5.41, 5.74) is 1.12. The molecule has 0 bridgehead atoms. The number of ether oxygens (including phenoxy) is 1. The predicted molar refractivity (Wildman–Crippen MR) is 98.1 cm³/mol. The Morgan fingerprint density at radius 1 is 1.48 bits per heavy atom. The lowest BCUT2D eigenvalue weighted by atomic mass is 10.2. The highest BCUT2D eigenvalue weighted by Crippen LogP contribution is 2.35. The number of non-ortho nitro benzene ring substituents is 1. The summed E-state index contributed by atoms with van der Waals surface area (Å²) >= 11 is 1.28. The number of nitro groups is 1. The Balaban J connectivity index is 1.86. The lowest BCUT2D eigenvalue weighted by molar-refractivity contribution is -0.384. The number of nitriles is 1. The first-order valence-electron chi connectivity index (χ1n) is 7.83. The minimum Gasteiger partial charge on any atom is -0.482 e. The van der Waals surface area contributed by atoms with Gasteiger partial charge in [0.25, 0.3) is 11.6 Å². The fraction of sp³-hybridized carbons (Fsp3) is 0.235. The Morgan fingerprint density at radius 3 is 2.89 bits per heavy atom. The van der Waals surface area contributed by atoms with Gasteiger partial charge in [0.15, 0.2) is 6.61 Å². The summed E-state index contributed by atoms with van der Waals surface area (Å²) in [5.74, 6) is -0.717. The van der Waals surface area contributed by atoms with Gasteiger partial charge in [-0.2, -0.15) is 5.26 Å². The van der Waals surface area contributed by atoms with Crippen LogP contribution < -0.4 is 15.0 Å². The molecule has 0 atom stereocenters. The van der Waals surface area contributed by atoms with Crippen molar-refractivity contribution < 1.29 is 19.2 Å². The molecule has 0 unspecified atom stereocenters. The Morgan fingerprint density at radius 2 is 2.22 bits per heavy atom. The molecule has 2 heterocycles. The first kappa shape index (κ1) is 18.3. The zero-order valence-corrected chi connectivity index (χ0v) is 15.3. The van der Waals surface area contributed by atoms with Gasteiger partial charge in [0.1, 0.15) is 23.4 Å². The lowest BCUT2D eigenvalue weighted by Gasteiger charge is -2.28. The summed E-state index contributed by atoms with van der Waals surface area (Å²) in [7, 11) is 0. The molecular weight excluding hydrogens is 372 g/mol. The number of nitrogens with one attached hydrogen (secondary N) is 1. The number of amides is 2. The molecule has 0 saturated heterocycles. The maximum absolute atomic E-state index is 12.5. The Hall–Kier alpha value is -3.45. The smallest absolute Gasteiger partial charge is 0.271 e. The number of carbonyl (C=O) groups is 2. The molecule has 0 spiro atoms. The van der Waals surface area contributed by atoms with Gasteiger partial charge in [0.05, 0.1) is 16.2 Å². The number of rotatable bonds is 4. The fourth-order valence-corrected chi connectivity index (χ4v) is 3.66. The maximum atomic E-state index is 12.5. The van der Waals surface area contributed by atoms with Crippen molar-refractivity contribution in [3.63, 3.8) is 0 Å². The minimum atomic E-state index is -0.589. The van der Waals surface area contributed by atoms with Crippen LogP contribution in [0, 0.1) is 35.3 Å². The average molecular weight is 386 g/mol. The van der Waals surface area contributed by atoms with Gasteiger partial charge in [0, 0.05) is 17.0 Å². The summed E-state index contributed by atoms with van der Waals surface area (Å²) in [6.07, 6.45) is 0. The molecule has 1 N–H and O–H groups in total. The van der Waals surface area contributed by atoms with Crippen LogP contribution in [-0.2, 0) is 9.59 Å². The van der Waals surface area contributed by atoms with E-state index in [2.05, 4.69) is 11.4 Å². The van der Waals surface area contributed by atoms with Crippen LogP contribution in [0.1, 0.15) is 16.0 Å². The van der Waals surface area contributed by atoms with Crippen LogP contribution in [-0.4, -0.2) is 29.9 Å². The van der Waals surface area contributed by atoms with Crippen LogP contribution in [0.3, 0.4) is 0 Å². The van der Waals surface area contributed by atoms with E-state index >= 15 is 0 Å². The van der Waals surface area contributed by atoms with Gasteiger partial charge in [-0.3, -0.25) is 24.6 Å². The van der Waals surface area contributed by atoms with Crippen molar-refractivity contribution in [1.82, 2.24) is 0 Å². The van der Waals surface area contributed by atoms with Gasteiger partial charge in [-0.25, -0.2) is 0 Å². The molecule has 138 valence electrons. The molecule has 9 nitrogen and oxygen atoms in total. The van der Waals surface area contributed by atoms with Gasteiger partial charge in [0.2, 0.25) is 5.91 Å². The van der Waals surface area contributed by atoms with E-state index in [4.69, 9.17) is 4.74 Å². The van der Waals surface area contributed by atoms with Gasteiger partial charge < -0.3 is 10.1 Å². The van der Waals surface area contributed by atoms with E-state index in [-0.39, 0.29) is 30.3 Å². The summed E-state index contributed by atoms with van der Waals surface area (Å²) < 4.78 is 5.27. The number of anilines is 2. The SMILES string of the molecule is Cc1sc(NC(=O)CN2C(=O)COc3ccc([N+](=O)[O-])cc32)c(C#N)c1C. The lowest BCUT2D eigenvalue weighted by Crippen LogP contribution is -2.43. The number of hydrogen-bond acceptors (Lipinski definition) is 7. The van der Waals surface area contributed by atoms with E-state index < -0.39 is 16.7 Å². The highest BCUT2D eigenvalue weighted by atomic mass is 32.1. The number of nitro benzene ring substituents is 1. The van der Waals surface area contributed by atoms with Crippen molar-refractivity contribution in [2.24, 2.45) is 0 Å². The molecule has 3 rings (SSSR count). The number of carbonyl (C=O) groups excluding carboxylic acids is 2. The topological polar surface area (TPSA) is 126 Å². The van der Waals surface area contributed by atoms with Crippen molar-refractivity contribution in [3.8, 4) is 11.8 Å². The number of hydrogen-bond donors (Lipinski definition) is 1. The van der Waals surface area contributed by atoms with Gasteiger partial charge in [-0.1, -0.05) is 0 Å². The molecule has 1 aliphatic heterocycles. The van der Waals surface area contributed by atoms with Gasteiger partial charge in [-0.15, -0.1) is 11.3 Å². The molecule has 1 aliphatic rings. The molecular formula is C17H14N4O5S. The number of fused-ring (bicyclic) bond motifs is 1. The molecule has 1 aromatic carbocycles. The standard InChI is InChI=1S/C17H14N4O5S/c1-9-10(2)27-17(12(9)6-18)19-15(22)7-20-13-5-11(21(24)25)3-4-14(13)26-8-16(20)23/h3-5H,7-8H2,1-2H3,(H,19,22). The summed E-state index contributed by atoms with van der Waals surface area (Å²) in [5, 5.41) is 23.3. The Kier molecular flexibility index (Phi) is 4.79. The van der Waals surface area contributed by atoms with E-state index in [1.165, 1.54) is 29.5 Å². The van der Waals surface area contributed by atoms with Crippen molar-refractivity contribution in [1.29, 1.82) is 5.26 Å². The quantitative estimate of drug-likeness (QED) is 0.636. The van der Waals surface area contributed by atoms with E-state index in [0.29, 0.717) is 10.6 Å². The summed E-state index contributed by atoms with van der Waals surface area (Å²) in [6, 6.07) is 5.91. The fourth-order valence-electron chi connectivity index (χ4n) is 2.64. The van der Waals surface area contributed by atoms with Crippen LogP contribution >= 0.6 is 11.3 Å². The third-order valence-corrected chi connectivity index (χ3v) is 5.27. The monoisotopic (exact) mass is 386 g/mol. The maximum Gasteiger partial charge on any atom is 0.271 e. The second-order valence-electron chi connectivity index (χ2n) is 5.83. The van der Waals surface area contributed by atoms with E-state index in [1.54, 1.807) is 6.92 Å². The Bertz CT molecular complexity index is 1010. The second-order valence-corrected chi connectivity index (χ2v) is 7.05. The van der Waals surface area contributed by atoms with Crippen molar-refractivity contribution in [2.45, 2.75) is 13.8 Å². The summed E-state index contributed by atoms with van der Waals surface area (Å²) in [4.78, 5) is 37.1. The predicted octanol–water partition coefficient (Wildman–Crippen LogP) is 2.51. The molecule has 27 heavy (non-hydrogen) atoms. The number of benzene rings is 1. The van der Waals surface area contributed by atoms with E-state index in [1.807, 2.05) is 6.92 Å². The van der Waals surface area contributed by atoms with Crippen molar-refractivity contribution in [3.05, 3.63) is 44.3 Å². The first-order chi connectivity index (χ1) is 12.8. The van der Waals surface area contributed by atoms with E-state index in [0.717, 1.165) is 15.3 Å². The molecule has 10 heteroatoms. The van der Waals surface area contributed by atoms with Crippen molar-refractivity contribution >= 4 is 39.5 Å². The summed E-state index contributed by atoms with van der Waals surface area (Å²) in [6.45, 7) is 3.02. The highest BCUT2D eigenvalue weighted by molar-refractivity contribution is 7.16. The highest BCUT2D eigenvalue weighted by Gasteiger charge is 2.29.